The summed E-state index contributed by atoms with van der Waals surface area (Å²) < 4.78 is 5.27. The first-order valence-corrected chi connectivity index (χ1v) is 9.76. The number of hydrogen-bond donors (Lipinski definition) is 2. The minimum Gasteiger partial charge on any atom is -0.447 e. The van der Waals surface area contributed by atoms with E-state index in [2.05, 4.69) is 10.3 Å². The summed E-state index contributed by atoms with van der Waals surface area (Å²) >= 11 is 0. The molecule has 2 heterocycles. The number of anilines is 1. The molecule has 0 spiro atoms. The lowest BCUT2D eigenvalue weighted by atomic mass is 10.0. The SMILES string of the molecule is Cc1ccc(-c2cc(C(=O)NC[C@H](C)O)cc(N3C(=O)OC[C@H]3C(C)C)c2)nc1. The Morgan fingerprint density at radius 3 is 2.69 bits per heavy atom. The van der Waals surface area contributed by atoms with Gasteiger partial charge in [-0.2, -0.15) is 0 Å². The van der Waals surface area contributed by atoms with Crippen molar-refractivity contribution in [2.24, 2.45) is 5.92 Å². The molecule has 1 aliphatic heterocycles. The van der Waals surface area contributed by atoms with Gasteiger partial charge in [-0.05, 0) is 49.6 Å². The molecule has 154 valence electrons. The van der Waals surface area contributed by atoms with E-state index in [9.17, 15) is 14.7 Å². The van der Waals surface area contributed by atoms with Crippen molar-refractivity contribution in [3.63, 3.8) is 0 Å². The number of pyridine rings is 1. The van der Waals surface area contributed by atoms with Crippen LogP contribution in [0, 0.1) is 12.8 Å². The van der Waals surface area contributed by atoms with Crippen molar-refractivity contribution in [1.82, 2.24) is 10.3 Å². The number of carbonyl (C=O) groups is 2. The molecule has 0 bridgehead atoms. The third-order valence-electron chi connectivity index (χ3n) is 4.90. The topological polar surface area (TPSA) is 91.8 Å². The molecule has 1 aromatic carbocycles. The Morgan fingerprint density at radius 2 is 2.07 bits per heavy atom. The third-order valence-corrected chi connectivity index (χ3v) is 4.90. The smallest absolute Gasteiger partial charge is 0.414 e. The third kappa shape index (κ3) is 4.74. The standard InChI is InChI=1S/C22H27N3O4/c1-13(2)20-12-29-22(28)25(20)18-8-16(19-6-5-14(3)10-23-19)7-17(9-18)21(27)24-11-15(4)26/h5-10,13,15,20,26H,11-12H2,1-4H3,(H,24,27)/t15-,20-/m0/s1. The van der Waals surface area contributed by atoms with Gasteiger partial charge in [-0.1, -0.05) is 19.9 Å². The summed E-state index contributed by atoms with van der Waals surface area (Å²) in [6, 6.07) is 8.99. The monoisotopic (exact) mass is 397 g/mol. The van der Waals surface area contributed by atoms with Crippen LogP contribution in [0.15, 0.2) is 36.5 Å². The van der Waals surface area contributed by atoms with E-state index in [0.717, 1.165) is 11.1 Å². The molecule has 2 N–H and O–H groups in total. The van der Waals surface area contributed by atoms with Crippen LogP contribution >= 0.6 is 0 Å². The molecule has 29 heavy (non-hydrogen) atoms. The molecule has 1 fully saturated rings. The number of nitrogens with one attached hydrogen (secondary N) is 1. The maximum Gasteiger partial charge on any atom is 0.414 e. The zero-order valence-corrected chi connectivity index (χ0v) is 17.2. The molecular formula is C22H27N3O4. The van der Waals surface area contributed by atoms with E-state index in [1.54, 1.807) is 30.2 Å². The molecule has 7 nitrogen and oxygen atoms in total. The van der Waals surface area contributed by atoms with Gasteiger partial charge in [-0.3, -0.25) is 14.7 Å². The van der Waals surface area contributed by atoms with Gasteiger partial charge >= 0.3 is 6.09 Å². The van der Waals surface area contributed by atoms with E-state index in [1.807, 2.05) is 39.0 Å². The molecule has 2 atom stereocenters. The van der Waals surface area contributed by atoms with Crippen LogP contribution in [-0.4, -0.2) is 47.4 Å². The van der Waals surface area contributed by atoms with Gasteiger partial charge in [0.25, 0.3) is 5.91 Å². The summed E-state index contributed by atoms with van der Waals surface area (Å²) in [5.41, 5.74) is 3.45. The van der Waals surface area contributed by atoms with Crippen LogP contribution in [0.5, 0.6) is 0 Å². The van der Waals surface area contributed by atoms with Crippen molar-refractivity contribution in [2.45, 2.75) is 39.8 Å². The maximum atomic E-state index is 12.7. The predicted octanol–water partition coefficient (Wildman–Crippen LogP) is 3.15. The number of benzene rings is 1. The number of hydrogen-bond acceptors (Lipinski definition) is 5. The molecule has 1 aliphatic rings. The number of ether oxygens (including phenoxy) is 1. The molecule has 2 amide bonds. The van der Waals surface area contributed by atoms with E-state index in [4.69, 9.17) is 4.74 Å². The predicted molar refractivity (Wildman–Crippen MR) is 111 cm³/mol. The van der Waals surface area contributed by atoms with E-state index < -0.39 is 12.2 Å². The van der Waals surface area contributed by atoms with Crippen molar-refractivity contribution in [3.8, 4) is 11.3 Å². The Kier molecular flexibility index (Phi) is 6.17. The van der Waals surface area contributed by atoms with Gasteiger partial charge in [0.1, 0.15) is 6.61 Å². The Hall–Kier alpha value is -2.93. The summed E-state index contributed by atoms with van der Waals surface area (Å²) in [7, 11) is 0. The molecule has 1 saturated heterocycles. The summed E-state index contributed by atoms with van der Waals surface area (Å²) in [4.78, 5) is 31.2. The summed E-state index contributed by atoms with van der Waals surface area (Å²) in [5.74, 6) is -0.134. The minimum absolute atomic E-state index is 0.114. The highest BCUT2D eigenvalue weighted by Crippen LogP contribution is 2.32. The quantitative estimate of drug-likeness (QED) is 0.781. The molecule has 3 rings (SSSR count). The van der Waals surface area contributed by atoms with Gasteiger partial charge in [0, 0.05) is 29.6 Å². The fourth-order valence-corrected chi connectivity index (χ4v) is 3.23. The summed E-state index contributed by atoms with van der Waals surface area (Å²) in [5, 5.41) is 12.2. The number of rotatable bonds is 6. The molecule has 0 aliphatic carbocycles. The first-order chi connectivity index (χ1) is 13.8. The Labute approximate surface area is 170 Å². The molecule has 0 saturated carbocycles. The maximum absolute atomic E-state index is 12.7. The minimum atomic E-state index is -0.653. The number of carbonyl (C=O) groups excluding carboxylic acids is 2. The molecule has 7 heteroatoms. The normalized spacial score (nSPS) is 17.4. The lowest BCUT2D eigenvalue weighted by molar-refractivity contribution is 0.0924. The number of aryl methyl sites for hydroxylation is 1. The first kappa shape index (κ1) is 20.8. The van der Waals surface area contributed by atoms with Crippen molar-refractivity contribution in [3.05, 3.63) is 47.7 Å². The molecular weight excluding hydrogens is 370 g/mol. The number of nitrogens with zero attached hydrogens (tertiary/aromatic N) is 2. The van der Waals surface area contributed by atoms with Crippen LogP contribution in [0.2, 0.25) is 0 Å². The number of aliphatic hydroxyl groups is 1. The van der Waals surface area contributed by atoms with Crippen LogP contribution in [0.3, 0.4) is 0 Å². The number of aromatic nitrogens is 1. The molecule has 1 aromatic heterocycles. The number of aliphatic hydroxyl groups excluding tert-OH is 1. The van der Waals surface area contributed by atoms with E-state index in [1.165, 1.54) is 0 Å². The highest BCUT2D eigenvalue weighted by Gasteiger charge is 2.36. The van der Waals surface area contributed by atoms with Crippen LogP contribution in [-0.2, 0) is 4.74 Å². The van der Waals surface area contributed by atoms with Gasteiger partial charge < -0.3 is 15.2 Å². The van der Waals surface area contributed by atoms with Crippen LogP contribution < -0.4 is 10.2 Å². The van der Waals surface area contributed by atoms with E-state index in [-0.39, 0.29) is 24.4 Å². The van der Waals surface area contributed by atoms with Crippen molar-refractivity contribution >= 4 is 17.7 Å². The van der Waals surface area contributed by atoms with Crippen molar-refractivity contribution in [1.29, 1.82) is 0 Å². The fraction of sp³-hybridized carbons (Fsp3) is 0.409. The lowest BCUT2D eigenvalue weighted by Crippen LogP contribution is -2.37. The Balaban J connectivity index is 2.06. The molecule has 2 aromatic rings. The fourth-order valence-electron chi connectivity index (χ4n) is 3.23. The lowest BCUT2D eigenvalue weighted by Gasteiger charge is -2.25. The second kappa shape index (κ2) is 8.61. The Bertz CT molecular complexity index is 893. The van der Waals surface area contributed by atoms with Gasteiger partial charge in [0.15, 0.2) is 0 Å². The average Bonchev–Trinajstić information content (AvgIpc) is 3.08. The first-order valence-electron chi connectivity index (χ1n) is 9.76. The summed E-state index contributed by atoms with van der Waals surface area (Å²) in [6.07, 6.45) is 0.684. The second-order valence-electron chi connectivity index (χ2n) is 7.81. The highest BCUT2D eigenvalue weighted by molar-refractivity contribution is 5.99. The number of amides is 2. The largest absolute Gasteiger partial charge is 0.447 e. The zero-order chi connectivity index (χ0) is 21.1. The number of cyclic esters (lactones) is 1. The average molecular weight is 397 g/mol. The van der Waals surface area contributed by atoms with E-state index >= 15 is 0 Å². The summed E-state index contributed by atoms with van der Waals surface area (Å²) in [6.45, 7) is 8.07. The Morgan fingerprint density at radius 1 is 1.31 bits per heavy atom. The van der Waals surface area contributed by atoms with E-state index in [0.29, 0.717) is 23.6 Å². The van der Waals surface area contributed by atoms with Gasteiger partial charge in [0.05, 0.1) is 17.8 Å². The van der Waals surface area contributed by atoms with Crippen LogP contribution in [0.25, 0.3) is 11.3 Å². The van der Waals surface area contributed by atoms with Crippen LogP contribution in [0.1, 0.15) is 36.7 Å². The van der Waals surface area contributed by atoms with Gasteiger partial charge in [-0.25, -0.2) is 4.79 Å². The van der Waals surface area contributed by atoms with Gasteiger partial charge in [0.2, 0.25) is 0 Å². The second-order valence-corrected chi connectivity index (χ2v) is 7.81. The van der Waals surface area contributed by atoms with Gasteiger partial charge in [-0.15, -0.1) is 0 Å². The zero-order valence-electron chi connectivity index (χ0n) is 17.2. The molecule has 0 unspecified atom stereocenters. The van der Waals surface area contributed by atoms with Crippen molar-refractivity contribution in [2.75, 3.05) is 18.1 Å². The van der Waals surface area contributed by atoms with Crippen LogP contribution in [0.4, 0.5) is 10.5 Å². The highest BCUT2D eigenvalue weighted by atomic mass is 16.6. The van der Waals surface area contributed by atoms with Crippen molar-refractivity contribution < 1.29 is 19.4 Å². The molecule has 0 radical (unpaired) electrons.